The number of halogens is 2. The molecule has 0 aromatic heterocycles. The molecule has 5 rings (SSSR count). The van der Waals surface area contributed by atoms with Crippen LogP contribution in [0.2, 0.25) is 5.02 Å². The molecular weight excluding hydrogens is 367 g/mol. The summed E-state index contributed by atoms with van der Waals surface area (Å²) in [7, 11) is 0. The lowest BCUT2D eigenvalue weighted by molar-refractivity contribution is 0.0103. The summed E-state index contributed by atoms with van der Waals surface area (Å²) >= 11 is 6.19. The zero-order chi connectivity index (χ0) is 18.8. The molecule has 6 heteroatoms. The van der Waals surface area contributed by atoms with Gasteiger partial charge in [-0.2, -0.15) is 0 Å². The number of amides is 1. The molecule has 2 aromatic rings. The second-order valence-electron chi connectivity index (χ2n) is 6.85. The average molecular weight is 387 g/mol. The van der Waals surface area contributed by atoms with Gasteiger partial charge in [-0.3, -0.25) is 5.32 Å². The number of nitrogens with zero attached hydrogens (tertiary/aromatic N) is 1. The van der Waals surface area contributed by atoms with Gasteiger partial charge in [0.2, 0.25) is 0 Å². The number of carbonyl (C=O) groups excluding carboxylic acids is 1. The predicted octanol–water partition coefficient (Wildman–Crippen LogP) is 5.16. The molecule has 3 heterocycles. The monoisotopic (exact) mass is 386 g/mol. The van der Waals surface area contributed by atoms with E-state index in [2.05, 4.69) is 10.2 Å². The highest BCUT2D eigenvalue weighted by molar-refractivity contribution is 6.32. The summed E-state index contributed by atoms with van der Waals surface area (Å²) in [5.41, 5.74) is 1.82. The Hall–Kier alpha value is -2.53. The Morgan fingerprint density at radius 3 is 2.59 bits per heavy atom. The molecule has 1 amide bonds. The van der Waals surface area contributed by atoms with Gasteiger partial charge in [-0.15, -0.1) is 0 Å². The van der Waals surface area contributed by atoms with E-state index < -0.39 is 12.2 Å². The molecule has 3 aliphatic heterocycles. The third kappa shape index (κ3) is 3.78. The standard InChI is InChI=1S/C21H20ClFN2O2/c22-17-7-4-8-18(23)16(17)13-19-20(14-9-11-25(19)12-10-14)27-21(26)24-15-5-2-1-3-6-15/h1-8,13-14,20H,9-12H2,(H,24,26)/b19-13-/t20-/m1/s1. The Morgan fingerprint density at radius 2 is 1.89 bits per heavy atom. The fourth-order valence-electron chi connectivity index (χ4n) is 3.79. The number of fused-ring (bicyclic) bond motifs is 3. The molecular formula is C21H20ClFN2O2. The Labute approximate surface area is 162 Å². The summed E-state index contributed by atoms with van der Waals surface area (Å²) in [6.07, 6.45) is 2.71. The van der Waals surface area contributed by atoms with Crippen molar-refractivity contribution in [3.8, 4) is 0 Å². The highest BCUT2D eigenvalue weighted by atomic mass is 35.5. The van der Waals surface area contributed by atoms with Crippen molar-refractivity contribution in [2.75, 3.05) is 18.4 Å². The van der Waals surface area contributed by atoms with Crippen molar-refractivity contribution in [2.45, 2.75) is 18.9 Å². The van der Waals surface area contributed by atoms with Crippen molar-refractivity contribution in [2.24, 2.45) is 5.92 Å². The van der Waals surface area contributed by atoms with Crippen LogP contribution in [0.1, 0.15) is 18.4 Å². The number of anilines is 1. The Bertz CT molecular complexity index is 843. The molecule has 4 nitrogen and oxygen atoms in total. The first-order valence-corrected chi connectivity index (χ1v) is 9.43. The maximum atomic E-state index is 14.3. The van der Waals surface area contributed by atoms with Crippen LogP contribution in [-0.2, 0) is 4.74 Å². The van der Waals surface area contributed by atoms with Crippen LogP contribution in [0.15, 0.2) is 54.2 Å². The first kappa shape index (κ1) is 17.9. The average Bonchev–Trinajstić information content (AvgIpc) is 2.67. The third-order valence-electron chi connectivity index (χ3n) is 5.17. The number of rotatable bonds is 3. The lowest BCUT2D eigenvalue weighted by atomic mass is 9.82. The van der Waals surface area contributed by atoms with Crippen molar-refractivity contribution in [1.82, 2.24) is 4.90 Å². The smallest absolute Gasteiger partial charge is 0.412 e. The van der Waals surface area contributed by atoms with Crippen LogP contribution in [0.25, 0.3) is 6.08 Å². The van der Waals surface area contributed by atoms with E-state index in [1.807, 2.05) is 18.2 Å². The lowest BCUT2D eigenvalue weighted by Crippen LogP contribution is -2.50. The van der Waals surface area contributed by atoms with Crippen LogP contribution in [0, 0.1) is 11.7 Å². The van der Waals surface area contributed by atoms with Crippen molar-refractivity contribution < 1.29 is 13.9 Å². The second-order valence-corrected chi connectivity index (χ2v) is 7.25. The van der Waals surface area contributed by atoms with Crippen LogP contribution in [0.3, 0.4) is 0 Å². The van der Waals surface area contributed by atoms with Crippen LogP contribution >= 0.6 is 11.6 Å². The van der Waals surface area contributed by atoms with E-state index in [1.165, 1.54) is 6.07 Å². The van der Waals surface area contributed by atoms with Gasteiger partial charge >= 0.3 is 6.09 Å². The summed E-state index contributed by atoms with van der Waals surface area (Å²) in [5, 5.41) is 3.09. The molecule has 1 atom stereocenters. The lowest BCUT2D eigenvalue weighted by Gasteiger charge is -2.47. The highest BCUT2D eigenvalue weighted by Gasteiger charge is 2.40. The van der Waals surface area contributed by atoms with Crippen LogP contribution in [0.4, 0.5) is 14.9 Å². The van der Waals surface area contributed by atoms with E-state index >= 15 is 0 Å². The maximum Gasteiger partial charge on any atom is 0.412 e. The molecule has 0 spiro atoms. The fourth-order valence-corrected chi connectivity index (χ4v) is 4.01. The van der Waals surface area contributed by atoms with Crippen molar-refractivity contribution in [3.05, 3.63) is 70.6 Å². The quantitative estimate of drug-likeness (QED) is 0.791. The summed E-state index contributed by atoms with van der Waals surface area (Å²) < 4.78 is 20.0. The molecule has 0 radical (unpaired) electrons. The number of hydrogen-bond donors (Lipinski definition) is 1. The Kier molecular flexibility index (Phi) is 5.03. The van der Waals surface area contributed by atoms with Gasteiger partial charge in [-0.1, -0.05) is 35.9 Å². The van der Waals surface area contributed by atoms with Crippen LogP contribution < -0.4 is 5.32 Å². The molecule has 1 N–H and O–H groups in total. The number of hydrogen-bond acceptors (Lipinski definition) is 3. The zero-order valence-electron chi connectivity index (χ0n) is 14.7. The van der Waals surface area contributed by atoms with E-state index in [1.54, 1.807) is 30.3 Å². The van der Waals surface area contributed by atoms with Gasteiger partial charge in [-0.05, 0) is 43.2 Å². The van der Waals surface area contributed by atoms with E-state index in [-0.39, 0.29) is 11.7 Å². The molecule has 2 bridgehead atoms. The van der Waals surface area contributed by atoms with Crippen molar-refractivity contribution in [1.29, 1.82) is 0 Å². The molecule has 0 unspecified atom stereocenters. The zero-order valence-corrected chi connectivity index (χ0v) is 15.5. The number of benzene rings is 2. The molecule has 3 aliphatic rings. The minimum atomic E-state index is -0.509. The maximum absolute atomic E-state index is 14.3. The SMILES string of the molecule is O=C(Nc1ccccc1)O[C@H]1/C(=C/c2c(F)cccc2Cl)N2CCC1CC2. The minimum Gasteiger partial charge on any atom is -0.439 e. The highest BCUT2D eigenvalue weighted by Crippen LogP contribution is 2.38. The predicted molar refractivity (Wildman–Crippen MR) is 104 cm³/mol. The van der Waals surface area contributed by atoms with Gasteiger partial charge in [-0.25, -0.2) is 9.18 Å². The van der Waals surface area contributed by atoms with E-state index in [9.17, 15) is 9.18 Å². The number of carbonyl (C=O) groups is 1. The summed E-state index contributed by atoms with van der Waals surface area (Å²) in [4.78, 5) is 14.6. The largest absolute Gasteiger partial charge is 0.439 e. The molecule has 27 heavy (non-hydrogen) atoms. The van der Waals surface area contributed by atoms with Gasteiger partial charge in [0.1, 0.15) is 11.9 Å². The summed E-state index contributed by atoms with van der Waals surface area (Å²) in [5.74, 6) is -0.154. The van der Waals surface area contributed by atoms with Crippen molar-refractivity contribution >= 4 is 29.5 Å². The van der Waals surface area contributed by atoms with Crippen LogP contribution in [0.5, 0.6) is 0 Å². The van der Waals surface area contributed by atoms with E-state index in [4.69, 9.17) is 16.3 Å². The molecule has 3 fully saturated rings. The molecule has 0 aliphatic carbocycles. The van der Waals surface area contributed by atoms with Gasteiger partial charge in [0.05, 0.1) is 10.7 Å². The van der Waals surface area contributed by atoms with Gasteiger partial charge in [0.25, 0.3) is 0 Å². The molecule has 0 saturated carbocycles. The topological polar surface area (TPSA) is 41.6 Å². The van der Waals surface area contributed by atoms with Crippen LogP contribution in [-0.4, -0.2) is 30.2 Å². The number of ether oxygens (including phenoxy) is 1. The van der Waals surface area contributed by atoms with Gasteiger partial charge in [0, 0.05) is 30.3 Å². The molecule has 2 aromatic carbocycles. The molecule has 140 valence electrons. The first-order chi connectivity index (χ1) is 13.1. The minimum absolute atomic E-state index is 0.230. The molecule has 3 saturated heterocycles. The van der Waals surface area contributed by atoms with Crippen molar-refractivity contribution in [3.63, 3.8) is 0 Å². The third-order valence-corrected chi connectivity index (χ3v) is 5.50. The number of nitrogens with one attached hydrogen (secondary N) is 1. The normalized spacial score (nSPS) is 22.7. The summed E-state index contributed by atoms with van der Waals surface area (Å²) in [6, 6.07) is 13.8. The second kappa shape index (κ2) is 7.61. The van der Waals surface area contributed by atoms with E-state index in [0.29, 0.717) is 16.3 Å². The fraction of sp³-hybridized carbons (Fsp3) is 0.286. The Morgan fingerprint density at radius 1 is 1.15 bits per heavy atom. The van der Waals surface area contributed by atoms with Gasteiger partial charge < -0.3 is 9.64 Å². The summed E-state index contributed by atoms with van der Waals surface area (Å²) in [6.45, 7) is 1.76. The van der Waals surface area contributed by atoms with E-state index in [0.717, 1.165) is 31.6 Å². The Balaban J connectivity index is 1.59. The number of piperidine rings is 3. The first-order valence-electron chi connectivity index (χ1n) is 9.05. The van der Waals surface area contributed by atoms with Gasteiger partial charge in [0.15, 0.2) is 0 Å². The number of para-hydroxylation sites is 1.